The number of amides is 1. The highest BCUT2D eigenvalue weighted by Crippen LogP contribution is 2.32. The smallest absolute Gasteiger partial charge is 0.246 e. The number of carbonyl (C=O) groups is 1. The van der Waals surface area contributed by atoms with E-state index in [0.717, 1.165) is 16.8 Å². The predicted octanol–water partition coefficient (Wildman–Crippen LogP) is 3.23. The molecule has 0 spiro atoms. The maximum absolute atomic E-state index is 12.3. The summed E-state index contributed by atoms with van der Waals surface area (Å²) in [4.78, 5) is 18.2. The second kappa shape index (κ2) is 6.32. The Morgan fingerprint density at radius 1 is 1.20 bits per heavy atom. The number of aromatic nitrogens is 1. The van der Waals surface area contributed by atoms with Crippen molar-refractivity contribution in [1.82, 2.24) is 9.88 Å². The number of ether oxygens (including phenoxy) is 2. The molecule has 0 atom stereocenters. The number of nitrogens with zero attached hydrogens (tertiary/aromatic N) is 2. The fraction of sp³-hybridized carbons (Fsp3) is 0.158. The van der Waals surface area contributed by atoms with Crippen molar-refractivity contribution in [2.24, 2.45) is 0 Å². The summed E-state index contributed by atoms with van der Waals surface area (Å²) in [5.41, 5.74) is 2.43. The number of hydrogen-bond donors (Lipinski definition) is 0. The Labute approximate surface area is 144 Å². The molecule has 0 N–H and O–H groups in total. The summed E-state index contributed by atoms with van der Waals surface area (Å²) in [5.74, 6) is 1.71. The maximum Gasteiger partial charge on any atom is 0.246 e. The lowest BCUT2D eigenvalue weighted by Crippen LogP contribution is -2.24. The molecule has 25 heavy (non-hydrogen) atoms. The van der Waals surface area contributed by atoms with Gasteiger partial charge in [-0.1, -0.05) is 18.2 Å². The van der Waals surface area contributed by atoms with E-state index in [4.69, 9.17) is 13.9 Å². The highest BCUT2D eigenvalue weighted by molar-refractivity contribution is 5.91. The Bertz CT molecular complexity index is 928. The average Bonchev–Trinajstić information content (AvgIpc) is 3.25. The third kappa shape index (κ3) is 3.19. The Morgan fingerprint density at radius 3 is 2.92 bits per heavy atom. The molecule has 1 aromatic heterocycles. The van der Waals surface area contributed by atoms with Crippen molar-refractivity contribution in [3.8, 4) is 11.5 Å². The first-order valence-electron chi connectivity index (χ1n) is 7.86. The summed E-state index contributed by atoms with van der Waals surface area (Å²) in [6.07, 6.45) is 3.04. The minimum atomic E-state index is -0.139. The van der Waals surface area contributed by atoms with Crippen molar-refractivity contribution in [1.29, 1.82) is 0 Å². The summed E-state index contributed by atoms with van der Waals surface area (Å²) in [5, 5.41) is 0. The molecule has 0 unspecified atom stereocenters. The first-order chi connectivity index (χ1) is 12.2. The van der Waals surface area contributed by atoms with Crippen molar-refractivity contribution in [2.45, 2.75) is 6.54 Å². The first kappa shape index (κ1) is 15.3. The third-order valence-electron chi connectivity index (χ3n) is 3.91. The van der Waals surface area contributed by atoms with Crippen LogP contribution in [0.2, 0.25) is 0 Å². The number of fused-ring (bicyclic) bond motifs is 2. The van der Waals surface area contributed by atoms with Crippen LogP contribution in [0.1, 0.15) is 11.5 Å². The minimum Gasteiger partial charge on any atom is -0.454 e. The van der Waals surface area contributed by atoms with Gasteiger partial charge in [0.2, 0.25) is 18.6 Å². The molecule has 0 bridgehead atoms. The normalized spacial score (nSPS) is 12.8. The molecular weight excluding hydrogens is 320 g/mol. The lowest BCUT2D eigenvalue weighted by molar-refractivity contribution is -0.125. The molecule has 126 valence electrons. The van der Waals surface area contributed by atoms with Gasteiger partial charge < -0.3 is 18.8 Å². The fourth-order valence-corrected chi connectivity index (χ4v) is 2.62. The molecule has 2 aromatic carbocycles. The van der Waals surface area contributed by atoms with Gasteiger partial charge in [-0.15, -0.1) is 0 Å². The quantitative estimate of drug-likeness (QED) is 0.685. The Hall–Kier alpha value is -3.28. The molecule has 1 aliphatic heterocycles. The second-order valence-corrected chi connectivity index (χ2v) is 5.74. The monoisotopic (exact) mass is 336 g/mol. The SMILES string of the molecule is CN(Cc1ccc2c(c1)OCO2)C(=O)C=Cc1nc2ccccc2o1. The maximum atomic E-state index is 12.3. The number of oxazole rings is 1. The molecule has 3 aromatic rings. The van der Waals surface area contributed by atoms with E-state index in [-0.39, 0.29) is 12.7 Å². The van der Waals surface area contributed by atoms with Crippen molar-refractivity contribution >= 4 is 23.1 Å². The molecule has 0 saturated heterocycles. The van der Waals surface area contributed by atoms with E-state index in [9.17, 15) is 4.79 Å². The fourth-order valence-electron chi connectivity index (χ4n) is 2.62. The van der Waals surface area contributed by atoms with Crippen molar-refractivity contribution < 1.29 is 18.7 Å². The van der Waals surface area contributed by atoms with Crippen molar-refractivity contribution in [2.75, 3.05) is 13.8 Å². The van der Waals surface area contributed by atoms with Crippen LogP contribution in [0.4, 0.5) is 0 Å². The summed E-state index contributed by atoms with van der Waals surface area (Å²) in [6, 6.07) is 13.1. The van der Waals surface area contributed by atoms with Crippen LogP contribution >= 0.6 is 0 Å². The highest BCUT2D eigenvalue weighted by Gasteiger charge is 2.14. The van der Waals surface area contributed by atoms with Gasteiger partial charge in [-0.05, 0) is 29.8 Å². The van der Waals surface area contributed by atoms with Crippen LogP contribution < -0.4 is 9.47 Å². The van der Waals surface area contributed by atoms with Crippen LogP contribution in [0.5, 0.6) is 11.5 Å². The summed E-state index contributed by atoms with van der Waals surface area (Å²) in [7, 11) is 1.74. The van der Waals surface area contributed by atoms with Gasteiger partial charge in [0.1, 0.15) is 5.52 Å². The number of para-hydroxylation sites is 2. The first-order valence-corrected chi connectivity index (χ1v) is 7.86. The van der Waals surface area contributed by atoms with Crippen LogP contribution in [0.25, 0.3) is 17.2 Å². The standard InChI is InChI=1S/C19H16N2O4/c1-21(11-13-6-7-16-17(10-13)24-12-23-16)19(22)9-8-18-20-14-4-2-3-5-15(14)25-18/h2-10H,11-12H2,1H3. The lowest BCUT2D eigenvalue weighted by atomic mass is 10.2. The summed E-state index contributed by atoms with van der Waals surface area (Å²) < 4.78 is 16.2. The van der Waals surface area contributed by atoms with E-state index in [1.807, 2.05) is 42.5 Å². The number of carbonyl (C=O) groups excluding carboxylic acids is 1. The molecule has 0 radical (unpaired) electrons. The molecule has 6 nitrogen and oxygen atoms in total. The number of likely N-dealkylation sites (N-methyl/N-ethyl adjacent to an activating group) is 1. The van der Waals surface area contributed by atoms with E-state index in [0.29, 0.717) is 23.8 Å². The molecule has 0 saturated carbocycles. The average molecular weight is 336 g/mol. The van der Waals surface area contributed by atoms with Gasteiger partial charge in [-0.3, -0.25) is 4.79 Å². The van der Waals surface area contributed by atoms with E-state index >= 15 is 0 Å². The molecule has 0 aliphatic carbocycles. The largest absolute Gasteiger partial charge is 0.454 e. The van der Waals surface area contributed by atoms with Crippen LogP contribution in [-0.2, 0) is 11.3 Å². The molecular formula is C19H16N2O4. The predicted molar refractivity (Wildman–Crippen MR) is 92.1 cm³/mol. The van der Waals surface area contributed by atoms with E-state index in [1.165, 1.54) is 6.08 Å². The molecule has 4 rings (SSSR count). The lowest BCUT2D eigenvalue weighted by Gasteiger charge is -2.15. The number of benzene rings is 2. The second-order valence-electron chi connectivity index (χ2n) is 5.74. The minimum absolute atomic E-state index is 0.139. The molecule has 6 heteroatoms. The van der Waals surface area contributed by atoms with Crippen molar-refractivity contribution in [3.63, 3.8) is 0 Å². The number of hydrogen-bond acceptors (Lipinski definition) is 5. The van der Waals surface area contributed by atoms with Gasteiger partial charge in [0, 0.05) is 25.7 Å². The number of rotatable bonds is 4. The van der Waals surface area contributed by atoms with Crippen LogP contribution in [0.3, 0.4) is 0 Å². The van der Waals surface area contributed by atoms with Gasteiger partial charge in [0.05, 0.1) is 0 Å². The zero-order valence-electron chi connectivity index (χ0n) is 13.6. The zero-order valence-corrected chi connectivity index (χ0v) is 13.6. The Balaban J connectivity index is 1.43. The topological polar surface area (TPSA) is 64.8 Å². The molecule has 1 aliphatic rings. The van der Waals surface area contributed by atoms with Crippen LogP contribution in [0, 0.1) is 0 Å². The van der Waals surface area contributed by atoms with Gasteiger partial charge in [0.25, 0.3) is 0 Å². The zero-order chi connectivity index (χ0) is 17.2. The van der Waals surface area contributed by atoms with Gasteiger partial charge >= 0.3 is 0 Å². The van der Waals surface area contributed by atoms with Crippen molar-refractivity contribution in [3.05, 3.63) is 60.0 Å². The summed E-state index contributed by atoms with van der Waals surface area (Å²) >= 11 is 0. The third-order valence-corrected chi connectivity index (χ3v) is 3.91. The van der Waals surface area contributed by atoms with Gasteiger partial charge in [-0.25, -0.2) is 4.98 Å². The van der Waals surface area contributed by atoms with E-state index in [1.54, 1.807) is 18.0 Å². The summed E-state index contributed by atoms with van der Waals surface area (Å²) in [6.45, 7) is 0.703. The Morgan fingerprint density at radius 2 is 2.04 bits per heavy atom. The molecule has 0 fully saturated rings. The Kier molecular flexibility index (Phi) is 3.85. The molecule has 1 amide bonds. The highest BCUT2D eigenvalue weighted by atomic mass is 16.7. The molecule has 2 heterocycles. The van der Waals surface area contributed by atoms with Crippen LogP contribution in [0.15, 0.2) is 53.0 Å². The van der Waals surface area contributed by atoms with E-state index < -0.39 is 0 Å². The van der Waals surface area contributed by atoms with Gasteiger partial charge in [0.15, 0.2) is 17.1 Å². The van der Waals surface area contributed by atoms with E-state index in [2.05, 4.69) is 4.98 Å². The van der Waals surface area contributed by atoms with Crippen LogP contribution in [-0.4, -0.2) is 29.6 Å². The van der Waals surface area contributed by atoms with Gasteiger partial charge in [-0.2, -0.15) is 0 Å².